The monoisotopic (exact) mass is 478 g/mol. The number of benzene rings is 1. The highest BCUT2D eigenvalue weighted by molar-refractivity contribution is 5.91. The van der Waals surface area contributed by atoms with Crippen molar-refractivity contribution >= 4 is 11.8 Å². The van der Waals surface area contributed by atoms with Crippen LogP contribution in [0.4, 0.5) is 0 Å². The highest BCUT2D eigenvalue weighted by atomic mass is 16.5. The first kappa shape index (κ1) is 24.7. The first-order valence-electron chi connectivity index (χ1n) is 12.0. The smallest absolute Gasteiger partial charge is 0.245 e. The maximum Gasteiger partial charge on any atom is 0.245 e. The molecule has 0 spiro atoms. The van der Waals surface area contributed by atoms with Crippen molar-refractivity contribution in [2.24, 2.45) is 5.41 Å². The predicted molar refractivity (Wildman–Crippen MR) is 131 cm³/mol. The van der Waals surface area contributed by atoms with E-state index in [0.29, 0.717) is 25.3 Å². The molecule has 0 unspecified atom stereocenters. The van der Waals surface area contributed by atoms with Crippen LogP contribution in [0.5, 0.6) is 0 Å². The van der Waals surface area contributed by atoms with E-state index in [9.17, 15) is 9.59 Å². The lowest BCUT2D eigenvalue weighted by Crippen LogP contribution is -2.49. The van der Waals surface area contributed by atoms with Gasteiger partial charge in [0.25, 0.3) is 0 Å². The van der Waals surface area contributed by atoms with Crippen LogP contribution >= 0.6 is 0 Å². The van der Waals surface area contributed by atoms with E-state index in [4.69, 9.17) is 8.94 Å². The lowest BCUT2D eigenvalue weighted by atomic mass is 9.78. The predicted octanol–water partition coefficient (Wildman–Crippen LogP) is 4.73. The van der Waals surface area contributed by atoms with E-state index < -0.39 is 12.0 Å². The van der Waals surface area contributed by atoms with Crippen LogP contribution in [-0.4, -0.2) is 51.4 Å². The SMILES string of the molecule is Cc1cc([C@H](C(=O)N2CCC[C@H]2C(=O)N(C)Cc2ccc(-c3ocnc3C)cc2)C(C)(C)C)on1. The number of nitrogens with zero attached hydrogens (tertiary/aromatic N) is 4. The van der Waals surface area contributed by atoms with E-state index in [1.807, 2.05) is 65.0 Å². The van der Waals surface area contributed by atoms with Crippen LogP contribution in [-0.2, 0) is 16.1 Å². The molecule has 3 heterocycles. The summed E-state index contributed by atoms with van der Waals surface area (Å²) in [6.45, 7) is 10.8. The maximum atomic E-state index is 13.7. The Morgan fingerprint density at radius 3 is 2.49 bits per heavy atom. The Kier molecular flexibility index (Phi) is 6.83. The number of oxazole rings is 1. The molecule has 2 aromatic heterocycles. The number of amides is 2. The van der Waals surface area contributed by atoms with Crippen molar-refractivity contribution in [3.05, 3.63) is 59.4 Å². The summed E-state index contributed by atoms with van der Waals surface area (Å²) in [5, 5.41) is 3.99. The molecular weight excluding hydrogens is 444 g/mol. The third-order valence-corrected chi connectivity index (χ3v) is 6.62. The van der Waals surface area contributed by atoms with Gasteiger partial charge in [0, 0.05) is 31.8 Å². The minimum atomic E-state index is -0.505. The Bertz CT molecular complexity index is 1190. The fraction of sp³-hybridized carbons (Fsp3) is 0.481. The molecule has 1 aromatic carbocycles. The number of likely N-dealkylation sites (tertiary alicyclic amines) is 1. The molecule has 0 aliphatic carbocycles. The van der Waals surface area contributed by atoms with Crippen molar-refractivity contribution < 1.29 is 18.5 Å². The zero-order valence-electron chi connectivity index (χ0n) is 21.4. The van der Waals surface area contributed by atoms with Gasteiger partial charge in [-0.2, -0.15) is 0 Å². The van der Waals surface area contributed by atoms with Crippen LogP contribution in [0, 0.1) is 19.3 Å². The molecule has 35 heavy (non-hydrogen) atoms. The number of carbonyl (C=O) groups is 2. The second-order valence-corrected chi connectivity index (χ2v) is 10.5. The topological polar surface area (TPSA) is 92.7 Å². The van der Waals surface area contributed by atoms with Gasteiger partial charge >= 0.3 is 0 Å². The van der Waals surface area contributed by atoms with Gasteiger partial charge in [0.05, 0.1) is 11.4 Å². The second-order valence-electron chi connectivity index (χ2n) is 10.5. The highest BCUT2D eigenvalue weighted by Crippen LogP contribution is 2.38. The van der Waals surface area contributed by atoms with E-state index in [-0.39, 0.29) is 17.2 Å². The number of hydrogen-bond donors (Lipinski definition) is 0. The van der Waals surface area contributed by atoms with Gasteiger partial charge in [-0.15, -0.1) is 0 Å². The summed E-state index contributed by atoms with van der Waals surface area (Å²) in [5.41, 5.74) is 3.14. The molecule has 3 aromatic rings. The summed E-state index contributed by atoms with van der Waals surface area (Å²) >= 11 is 0. The molecule has 2 atom stereocenters. The summed E-state index contributed by atoms with van der Waals surface area (Å²) in [5.74, 6) is 0.663. The molecule has 1 aliphatic heterocycles. The first-order valence-corrected chi connectivity index (χ1v) is 12.0. The first-order chi connectivity index (χ1) is 16.6. The standard InChI is InChI=1S/C27H34N4O4/c1-17-14-22(35-29-17)23(27(3,4)5)26(33)31-13-7-8-21(31)25(32)30(6)15-19-9-11-20(12-10-19)24-18(2)28-16-34-24/h9-12,14,16,21,23H,7-8,13,15H2,1-6H3/t21-,23+/m0/s1. The van der Waals surface area contributed by atoms with Crippen molar-refractivity contribution in [1.29, 1.82) is 0 Å². The van der Waals surface area contributed by atoms with Crippen molar-refractivity contribution in [2.45, 2.75) is 66.0 Å². The van der Waals surface area contributed by atoms with Crippen molar-refractivity contribution in [1.82, 2.24) is 19.9 Å². The van der Waals surface area contributed by atoms with Crippen molar-refractivity contribution in [2.75, 3.05) is 13.6 Å². The number of aromatic nitrogens is 2. The molecule has 186 valence electrons. The fourth-order valence-electron chi connectivity index (χ4n) is 4.84. The van der Waals surface area contributed by atoms with Gasteiger partial charge in [-0.1, -0.05) is 50.2 Å². The Hall–Kier alpha value is -3.42. The van der Waals surface area contributed by atoms with Crippen LogP contribution in [0.25, 0.3) is 11.3 Å². The van der Waals surface area contributed by atoms with Crippen molar-refractivity contribution in [3.63, 3.8) is 0 Å². The van der Waals surface area contributed by atoms with Crippen molar-refractivity contribution in [3.8, 4) is 11.3 Å². The zero-order chi connectivity index (χ0) is 25.3. The van der Waals surface area contributed by atoms with Gasteiger partial charge < -0.3 is 18.7 Å². The normalized spacial score (nSPS) is 17.0. The lowest BCUT2D eigenvalue weighted by Gasteiger charge is -2.34. The van der Waals surface area contributed by atoms with E-state index in [2.05, 4.69) is 10.1 Å². The van der Waals surface area contributed by atoms with E-state index in [1.165, 1.54) is 6.39 Å². The lowest BCUT2D eigenvalue weighted by molar-refractivity contribution is -0.145. The molecule has 0 saturated carbocycles. The maximum absolute atomic E-state index is 13.7. The third kappa shape index (κ3) is 5.16. The van der Waals surface area contributed by atoms with Gasteiger partial charge in [0.1, 0.15) is 17.7 Å². The van der Waals surface area contributed by atoms with Crippen LogP contribution in [0.2, 0.25) is 0 Å². The minimum Gasteiger partial charge on any atom is -0.443 e. The molecular formula is C27H34N4O4. The summed E-state index contributed by atoms with van der Waals surface area (Å²) < 4.78 is 11.0. The average Bonchev–Trinajstić information content (AvgIpc) is 3.54. The van der Waals surface area contributed by atoms with Gasteiger partial charge in [0.15, 0.2) is 12.2 Å². The van der Waals surface area contributed by atoms with Gasteiger partial charge in [-0.05, 0) is 37.7 Å². The Labute approximate surface area is 206 Å². The van der Waals surface area contributed by atoms with Gasteiger partial charge in [0.2, 0.25) is 11.8 Å². The largest absolute Gasteiger partial charge is 0.443 e. The van der Waals surface area contributed by atoms with E-state index >= 15 is 0 Å². The Morgan fingerprint density at radius 2 is 1.91 bits per heavy atom. The van der Waals surface area contributed by atoms with Gasteiger partial charge in [-0.25, -0.2) is 4.98 Å². The Morgan fingerprint density at radius 1 is 1.20 bits per heavy atom. The highest BCUT2D eigenvalue weighted by Gasteiger charge is 2.44. The van der Waals surface area contributed by atoms with Crippen LogP contribution in [0.3, 0.4) is 0 Å². The van der Waals surface area contributed by atoms with E-state index in [0.717, 1.165) is 34.7 Å². The minimum absolute atomic E-state index is 0.0487. The second kappa shape index (κ2) is 9.68. The summed E-state index contributed by atoms with van der Waals surface area (Å²) in [7, 11) is 1.79. The molecule has 1 saturated heterocycles. The zero-order valence-corrected chi connectivity index (χ0v) is 21.4. The molecule has 2 amide bonds. The molecule has 8 nitrogen and oxygen atoms in total. The number of likely N-dealkylation sites (N-methyl/N-ethyl adjacent to an activating group) is 1. The van der Waals surface area contributed by atoms with Crippen LogP contribution in [0.1, 0.15) is 62.2 Å². The molecule has 0 bridgehead atoms. The van der Waals surface area contributed by atoms with Crippen LogP contribution < -0.4 is 0 Å². The number of aryl methyl sites for hydroxylation is 2. The molecule has 4 rings (SSSR count). The molecule has 0 N–H and O–H groups in total. The quantitative estimate of drug-likeness (QED) is 0.509. The number of hydrogen-bond acceptors (Lipinski definition) is 6. The summed E-state index contributed by atoms with van der Waals surface area (Å²) in [6.07, 6.45) is 2.89. The third-order valence-electron chi connectivity index (χ3n) is 6.62. The van der Waals surface area contributed by atoms with Crippen LogP contribution in [0.15, 0.2) is 45.7 Å². The molecule has 1 fully saturated rings. The fourth-order valence-corrected chi connectivity index (χ4v) is 4.84. The number of rotatable bonds is 6. The van der Waals surface area contributed by atoms with Gasteiger partial charge in [-0.3, -0.25) is 9.59 Å². The number of carbonyl (C=O) groups excluding carboxylic acids is 2. The molecule has 8 heteroatoms. The molecule has 0 radical (unpaired) electrons. The average molecular weight is 479 g/mol. The summed E-state index contributed by atoms with van der Waals surface area (Å²) in [6, 6.07) is 9.26. The molecule has 1 aliphatic rings. The Balaban J connectivity index is 1.47. The van der Waals surface area contributed by atoms with E-state index in [1.54, 1.807) is 16.8 Å². The summed E-state index contributed by atoms with van der Waals surface area (Å²) in [4.78, 5) is 34.8.